The molecule has 58 valence electrons. The van der Waals surface area contributed by atoms with Gasteiger partial charge in [-0.2, -0.15) is 0 Å². The first-order valence-corrected chi connectivity index (χ1v) is 3.67. The van der Waals surface area contributed by atoms with Crippen LogP contribution in [0.15, 0.2) is 28.9 Å². The predicted octanol–water partition coefficient (Wildman–Crippen LogP) is 0.719. The average molecular weight is 158 g/mol. The molecule has 12 heavy (non-hydrogen) atoms. The largest absolute Gasteiger partial charge is 0.465 e. The number of fused-ring (bicyclic) bond motifs is 1. The van der Waals surface area contributed by atoms with E-state index in [0.29, 0.717) is 11.0 Å². The van der Waals surface area contributed by atoms with Crippen LogP contribution in [0, 0.1) is 0 Å². The number of aliphatic hydroxyl groups is 1. The highest BCUT2D eigenvalue weighted by atomic mass is 16.3. The smallest absolute Gasteiger partial charge is 0.126 e. The predicted molar refractivity (Wildman–Crippen MR) is 47.5 cm³/mol. The van der Waals surface area contributed by atoms with Crippen molar-refractivity contribution in [3.8, 4) is 0 Å². The quantitative estimate of drug-likeness (QED) is 0.620. The van der Waals surface area contributed by atoms with Crippen LogP contribution in [0.4, 0.5) is 0 Å². The van der Waals surface area contributed by atoms with Gasteiger partial charge in [0.25, 0.3) is 0 Å². The number of benzene rings is 1. The zero-order chi connectivity index (χ0) is 8.55. The van der Waals surface area contributed by atoms with E-state index < -0.39 is 0 Å². The van der Waals surface area contributed by atoms with E-state index in [2.05, 4.69) is 0 Å². The highest BCUT2D eigenvalue weighted by molar-refractivity contribution is 6.38. The molecule has 0 spiro atoms. The van der Waals surface area contributed by atoms with Gasteiger partial charge in [-0.3, -0.25) is 0 Å². The van der Waals surface area contributed by atoms with Crippen LogP contribution in [0.2, 0.25) is 0 Å². The Balaban J connectivity index is 2.75. The second-order valence-corrected chi connectivity index (χ2v) is 2.68. The topological polar surface area (TPSA) is 33.4 Å². The normalized spacial score (nSPS) is 10.8. The Kier molecular flexibility index (Phi) is 1.66. The van der Waals surface area contributed by atoms with Crippen molar-refractivity contribution in [3.63, 3.8) is 0 Å². The molecule has 0 atom stereocenters. The van der Waals surface area contributed by atoms with Crippen LogP contribution in [0.3, 0.4) is 0 Å². The van der Waals surface area contributed by atoms with E-state index in [1.807, 2.05) is 12.1 Å². The Hall–Kier alpha value is -1.22. The fraction of sp³-hybridized carbons (Fsp3) is 0.111. The Morgan fingerprint density at radius 3 is 3.00 bits per heavy atom. The number of hydrogen-bond donors (Lipinski definition) is 1. The van der Waals surface area contributed by atoms with Crippen molar-refractivity contribution < 1.29 is 9.52 Å². The molecule has 1 heterocycles. The number of furan rings is 1. The molecule has 1 N–H and O–H groups in total. The lowest BCUT2D eigenvalue weighted by molar-refractivity contribution is 0.282. The first-order chi connectivity index (χ1) is 5.81. The fourth-order valence-corrected chi connectivity index (χ4v) is 1.27. The molecule has 2 radical (unpaired) electrons. The monoisotopic (exact) mass is 158 g/mol. The minimum atomic E-state index is 0.00528. The van der Waals surface area contributed by atoms with E-state index in [4.69, 9.17) is 17.4 Å². The fourth-order valence-electron chi connectivity index (χ4n) is 1.27. The molecule has 2 aromatic rings. The molecule has 0 aliphatic carbocycles. The summed E-state index contributed by atoms with van der Waals surface area (Å²) < 4.78 is 5.14. The molecular weight excluding hydrogens is 151 g/mol. The van der Waals surface area contributed by atoms with Gasteiger partial charge in [0.2, 0.25) is 0 Å². The molecule has 3 heteroatoms. The Bertz CT molecular complexity index is 406. The van der Waals surface area contributed by atoms with Crippen LogP contribution in [0.5, 0.6) is 0 Å². The summed E-state index contributed by atoms with van der Waals surface area (Å²) in [6.45, 7) is 0.00528. The summed E-state index contributed by atoms with van der Waals surface area (Å²) in [5.41, 5.74) is 2.06. The molecule has 2 rings (SSSR count). The van der Waals surface area contributed by atoms with Crippen LogP contribution in [0.1, 0.15) is 5.56 Å². The molecule has 1 aromatic carbocycles. The van der Waals surface area contributed by atoms with E-state index in [0.717, 1.165) is 10.9 Å². The third kappa shape index (κ3) is 1.03. The minimum absolute atomic E-state index is 0.00528. The Labute approximate surface area is 71.2 Å². The van der Waals surface area contributed by atoms with Gasteiger partial charge in [-0.05, 0) is 17.7 Å². The molecule has 0 aliphatic heterocycles. The Morgan fingerprint density at radius 2 is 2.25 bits per heavy atom. The van der Waals surface area contributed by atoms with Gasteiger partial charge in [-0.25, -0.2) is 0 Å². The van der Waals surface area contributed by atoms with Crippen LogP contribution < -0.4 is 5.46 Å². The summed E-state index contributed by atoms with van der Waals surface area (Å²) in [6.07, 6.45) is 1.59. The van der Waals surface area contributed by atoms with E-state index >= 15 is 0 Å². The highest BCUT2D eigenvalue weighted by Gasteiger charge is 2.01. The standard InChI is InChI=1S/C9H7BO2/c10-8-4-6(5-11)3-7-1-2-12-9(7)8/h1-4,11H,5H2. The number of rotatable bonds is 1. The molecule has 0 saturated heterocycles. The van der Waals surface area contributed by atoms with Crippen molar-refractivity contribution in [2.45, 2.75) is 6.61 Å². The number of hydrogen-bond acceptors (Lipinski definition) is 2. The van der Waals surface area contributed by atoms with Crippen molar-refractivity contribution in [1.82, 2.24) is 0 Å². The molecular formula is C9H7BO2. The van der Waals surface area contributed by atoms with Gasteiger partial charge in [0.1, 0.15) is 13.4 Å². The molecule has 1 aromatic heterocycles. The van der Waals surface area contributed by atoms with Gasteiger partial charge >= 0.3 is 0 Å². The average Bonchev–Trinajstić information content (AvgIpc) is 2.52. The number of aliphatic hydroxyl groups excluding tert-OH is 1. The van der Waals surface area contributed by atoms with Crippen molar-refractivity contribution in [3.05, 3.63) is 30.0 Å². The zero-order valence-corrected chi connectivity index (χ0v) is 6.45. The van der Waals surface area contributed by atoms with E-state index in [9.17, 15) is 0 Å². The molecule has 0 amide bonds. The van der Waals surface area contributed by atoms with Crippen LogP contribution in [0.25, 0.3) is 11.0 Å². The second-order valence-electron chi connectivity index (χ2n) is 2.68. The molecule has 0 aliphatic rings. The van der Waals surface area contributed by atoms with Crippen LogP contribution >= 0.6 is 0 Å². The second kappa shape index (κ2) is 2.68. The Morgan fingerprint density at radius 1 is 1.42 bits per heavy atom. The van der Waals surface area contributed by atoms with Crippen molar-refractivity contribution in [2.24, 2.45) is 0 Å². The van der Waals surface area contributed by atoms with Crippen molar-refractivity contribution in [2.75, 3.05) is 0 Å². The molecule has 0 unspecified atom stereocenters. The highest BCUT2D eigenvalue weighted by Crippen LogP contribution is 2.14. The maximum atomic E-state index is 8.87. The first-order valence-electron chi connectivity index (χ1n) is 3.67. The van der Waals surface area contributed by atoms with E-state index in [1.165, 1.54) is 0 Å². The lowest BCUT2D eigenvalue weighted by Crippen LogP contribution is -2.04. The van der Waals surface area contributed by atoms with Gasteiger partial charge in [-0.1, -0.05) is 11.5 Å². The van der Waals surface area contributed by atoms with Crippen LogP contribution in [-0.4, -0.2) is 13.0 Å². The maximum absolute atomic E-state index is 8.87. The molecule has 2 nitrogen and oxygen atoms in total. The van der Waals surface area contributed by atoms with Gasteiger partial charge in [0, 0.05) is 5.39 Å². The summed E-state index contributed by atoms with van der Waals surface area (Å²) in [6, 6.07) is 5.39. The van der Waals surface area contributed by atoms with Gasteiger partial charge in [0.05, 0.1) is 12.9 Å². The minimum Gasteiger partial charge on any atom is -0.465 e. The van der Waals surface area contributed by atoms with Gasteiger partial charge < -0.3 is 9.52 Å². The first kappa shape index (κ1) is 7.43. The SMILES string of the molecule is [B]c1cc(CO)cc2ccoc12. The van der Waals surface area contributed by atoms with E-state index in [-0.39, 0.29) is 6.61 Å². The zero-order valence-electron chi connectivity index (χ0n) is 6.45. The van der Waals surface area contributed by atoms with E-state index in [1.54, 1.807) is 12.3 Å². The van der Waals surface area contributed by atoms with Crippen molar-refractivity contribution >= 4 is 24.3 Å². The summed E-state index contributed by atoms with van der Waals surface area (Å²) in [5, 5.41) is 9.80. The van der Waals surface area contributed by atoms with Gasteiger partial charge in [0.15, 0.2) is 0 Å². The lowest BCUT2D eigenvalue weighted by atomic mass is 9.92. The lowest BCUT2D eigenvalue weighted by Gasteiger charge is -1.99. The third-order valence-electron chi connectivity index (χ3n) is 1.82. The van der Waals surface area contributed by atoms with Crippen molar-refractivity contribution in [1.29, 1.82) is 0 Å². The van der Waals surface area contributed by atoms with Gasteiger partial charge in [-0.15, -0.1) is 0 Å². The molecule has 0 bridgehead atoms. The molecule has 0 saturated carbocycles. The van der Waals surface area contributed by atoms with Crippen LogP contribution in [-0.2, 0) is 6.61 Å². The summed E-state index contributed by atoms with van der Waals surface area (Å²) in [5.74, 6) is 0. The summed E-state index contributed by atoms with van der Waals surface area (Å²) in [7, 11) is 5.67. The molecule has 0 fully saturated rings. The third-order valence-corrected chi connectivity index (χ3v) is 1.82. The maximum Gasteiger partial charge on any atom is 0.126 e. The summed E-state index contributed by atoms with van der Waals surface area (Å²) in [4.78, 5) is 0. The summed E-state index contributed by atoms with van der Waals surface area (Å²) >= 11 is 0.